The molecular weight excluding hydrogens is 477 g/mol. The minimum absolute atomic E-state index is 0. The standard InChI is InChI=1S/C22H27N5O.HI/c1-23-22(26(2)15-19-8-10-21(28-3)11-9-19)25-14-18-4-6-20(7-5-18)16-27-13-12-24-17-27;/h4-13,17H,14-16H2,1-3H3,(H,23,25);1H. The molecule has 0 radical (unpaired) electrons. The topological polar surface area (TPSA) is 54.7 Å². The van der Waals surface area contributed by atoms with Gasteiger partial charge in [0.15, 0.2) is 5.96 Å². The summed E-state index contributed by atoms with van der Waals surface area (Å²) in [5.74, 6) is 1.73. The predicted octanol–water partition coefficient (Wildman–Crippen LogP) is 3.77. The Bertz CT molecular complexity index is 877. The fourth-order valence-corrected chi connectivity index (χ4v) is 3.00. The molecule has 0 fully saturated rings. The highest BCUT2D eigenvalue weighted by Crippen LogP contribution is 2.13. The first-order chi connectivity index (χ1) is 13.7. The van der Waals surface area contributed by atoms with Gasteiger partial charge in [-0.1, -0.05) is 36.4 Å². The van der Waals surface area contributed by atoms with Crippen LogP contribution in [-0.2, 0) is 19.6 Å². The van der Waals surface area contributed by atoms with Gasteiger partial charge in [-0.15, -0.1) is 24.0 Å². The van der Waals surface area contributed by atoms with Gasteiger partial charge in [-0.3, -0.25) is 4.99 Å². The summed E-state index contributed by atoms with van der Waals surface area (Å²) in [6, 6.07) is 16.7. The summed E-state index contributed by atoms with van der Waals surface area (Å²) in [4.78, 5) is 10.6. The first-order valence-corrected chi connectivity index (χ1v) is 9.26. The van der Waals surface area contributed by atoms with Gasteiger partial charge in [0.2, 0.25) is 0 Å². The quantitative estimate of drug-likeness (QED) is 0.302. The van der Waals surface area contributed by atoms with Crippen LogP contribution in [0, 0.1) is 0 Å². The highest BCUT2D eigenvalue weighted by molar-refractivity contribution is 14.0. The lowest BCUT2D eigenvalue weighted by atomic mass is 10.1. The van der Waals surface area contributed by atoms with E-state index in [1.165, 1.54) is 16.7 Å². The van der Waals surface area contributed by atoms with Crippen LogP contribution in [0.4, 0.5) is 0 Å². The Morgan fingerprint density at radius 1 is 1.07 bits per heavy atom. The molecule has 3 aromatic rings. The number of imidazole rings is 1. The van der Waals surface area contributed by atoms with E-state index in [9.17, 15) is 0 Å². The summed E-state index contributed by atoms with van der Waals surface area (Å²) in [6.45, 7) is 2.33. The van der Waals surface area contributed by atoms with Gasteiger partial charge < -0.3 is 19.5 Å². The largest absolute Gasteiger partial charge is 0.497 e. The van der Waals surface area contributed by atoms with E-state index in [-0.39, 0.29) is 24.0 Å². The molecule has 0 unspecified atom stereocenters. The van der Waals surface area contributed by atoms with Gasteiger partial charge in [-0.2, -0.15) is 0 Å². The summed E-state index contributed by atoms with van der Waals surface area (Å²) in [7, 11) is 5.52. The maximum absolute atomic E-state index is 5.21. The molecule has 0 saturated carbocycles. The maximum atomic E-state index is 5.21. The fraction of sp³-hybridized carbons (Fsp3) is 0.273. The second kappa shape index (κ2) is 11.5. The third-order valence-electron chi connectivity index (χ3n) is 4.55. The number of methoxy groups -OCH3 is 1. The Kier molecular flexibility index (Phi) is 8.98. The van der Waals surface area contributed by atoms with Crippen molar-refractivity contribution in [3.05, 3.63) is 83.9 Å². The van der Waals surface area contributed by atoms with E-state index in [1.54, 1.807) is 20.4 Å². The van der Waals surface area contributed by atoms with Crippen LogP contribution in [0.5, 0.6) is 5.75 Å². The first kappa shape index (κ1) is 22.7. The molecule has 7 heteroatoms. The predicted molar refractivity (Wildman–Crippen MR) is 128 cm³/mol. The molecule has 0 aliphatic heterocycles. The second-order valence-corrected chi connectivity index (χ2v) is 6.66. The van der Waals surface area contributed by atoms with Crippen molar-refractivity contribution in [3.63, 3.8) is 0 Å². The van der Waals surface area contributed by atoms with Gasteiger partial charge in [0, 0.05) is 46.1 Å². The molecule has 0 aliphatic rings. The highest BCUT2D eigenvalue weighted by atomic mass is 127. The van der Waals surface area contributed by atoms with Gasteiger partial charge in [-0.05, 0) is 28.8 Å². The summed E-state index contributed by atoms with van der Waals surface area (Å²) in [5.41, 5.74) is 3.67. The van der Waals surface area contributed by atoms with Gasteiger partial charge >= 0.3 is 0 Å². The molecule has 2 aromatic carbocycles. The van der Waals surface area contributed by atoms with E-state index >= 15 is 0 Å². The van der Waals surface area contributed by atoms with Crippen LogP contribution in [0.25, 0.3) is 0 Å². The molecule has 154 valence electrons. The zero-order valence-corrected chi connectivity index (χ0v) is 19.4. The molecule has 0 bridgehead atoms. The molecule has 0 amide bonds. The number of nitrogens with one attached hydrogen (secondary N) is 1. The molecule has 6 nitrogen and oxygen atoms in total. The number of guanidine groups is 1. The number of nitrogens with zero attached hydrogens (tertiary/aromatic N) is 4. The van der Waals surface area contributed by atoms with Crippen molar-refractivity contribution in [1.82, 2.24) is 19.8 Å². The molecule has 29 heavy (non-hydrogen) atoms. The molecule has 3 rings (SSSR count). The van der Waals surface area contributed by atoms with Crippen molar-refractivity contribution in [2.24, 2.45) is 4.99 Å². The van der Waals surface area contributed by atoms with Crippen LogP contribution >= 0.6 is 24.0 Å². The van der Waals surface area contributed by atoms with Crippen LogP contribution in [0.15, 0.2) is 72.2 Å². The molecule has 0 spiro atoms. The van der Waals surface area contributed by atoms with Crippen molar-refractivity contribution in [2.75, 3.05) is 21.2 Å². The van der Waals surface area contributed by atoms with Crippen LogP contribution in [0.3, 0.4) is 0 Å². The molecular formula is C22H28IN5O. The van der Waals surface area contributed by atoms with Crippen LogP contribution in [0.2, 0.25) is 0 Å². The Balaban J connectivity index is 0.00000300. The monoisotopic (exact) mass is 505 g/mol. The maximum Gasteiger partial charge on any atom is 0.193 e. The number of halogens is 1. The number of hydrogen-bond acceptors (Lipinski definition) is 3. The van der Waals surface area contributed by atoms with Crippen molar-refractivity contribution < 1.29 is 4.74 Å². The number of aromatic nitrogens is 2. The lowest BCUT2D eigenvalue weighted by Gasteiger charge is -2.22. The Labute approximate surface area is 189 Å². The second-order valence-electron chi connectivity index (χ2n) is 6.66. The first-order valence-electron chi connectivity index (χ1n) is 9.26. The smallest absolute Gasteiger partial charge is 0.193 e. The summed E-state index contributed by atoms with van der Waals surface area (Å²) in [5, 5.41) is 3.43. The SMILES string of the molecule is CN=C(NCc1ccc(Cn2ccnc2)cc1)N(C)Cc1ccc(OC)cc1.I. The normalized spacial score (nSPS) is 10.9. The average Bonchev–Trinajstić information content (AvgIpc) is 3.23. The fourth-order valence-electron chi connectivity index (χ4n) is 3.00. The molecule has 1 N–H and O–H groups in total. The summed E-state index contributed by atoms with van der Waals surface area (Å²) < 4.78 is 7.27. The van der Waals surface area contributed by atoms with Crippen molar-refractivity contribution in [3.8, 4) is 5.75 Å². The number of ether oxygens (including phenoxy) is 1. The Morgan fingerprint density at radius 3 is 2.31 bits per heavy atom. The molecule has 1 aromatic heterocycles. The lowest BCUT2D eigenvalue weighted by molar-refractivity contribution is 0.414. The molecule has 1 heterocycles. The van der Waals surface area contributed by atoms with E-state index in [1.807, 2.05) is 31.7 Å². The lowest BCUT2D eigenvalue weighted by Crippen LogP contribution is -2.38. The molecule has 0 atom stereocenters. The van der Waals surface area contributed by atoms with E-state index in [4.69, 9.17) is 4.74 Å². The van der Waals surface area contributed by atoms with E-state index in [2.05, 4.69) is 61.2 Å². The van der Waals surface area contributed by atoms with Gasteiger partial charge in [0.25, 0.3) is 0 Å². The Morgan fingerprint density at radius 2 is 1.72 bits per heavy atom. The number of hydrogen-bond donors (Lipinski definition) is 1. The number of aliphatic imine (C=N–C) groups is 1. The minimum Gasteiger partial charge on any atom is -0.497 e. The Hall–Kier alpha value is -2.55. The van der Waals surface area contributed by atoms with Gasteiger partial charge in [0.1, 0.15) is 5.75 Å². The van der Waals surface area contributed by atoms with Gasteiger partial charge in [-0.25, -0.2) is 4.98 Å². The third-order valence-corrected chi connectivity index (χ3v) is 4.55. The van der Waals surface area contributed by atoms with Crippen molar-refractivity contribution in [1.29, 1.82) is 0 Å². The number of rotatable bonds is 7. The van der Waals surface area contributed by atoms with Crippen molar-refractivity contribution in [2.45, 2.75) is 19.6 Å². The van der Waals surface area contributed by atoms with Crippen LogP contribution in [-0.4, -0.2) is 41.6 Å². The average molecular weight is 505 g/mol. The van der Waals surface area contributed by atoms with Gasteiger partial charge in [0.05, 0.1) is 13.4 Å². The summed E-state index contributed by atoms with van der Waals surface area (Å²) >= 11 is 0. The van der Waals surface area contributed by atoms with E-state index in [0.29, 0.717) is 0 Å². The molecule has 0 aliphatic carbocycles. The minimum atomic E-state index is 0. The zero-order chi connectivity index (χ0) is 19.8. The van der Waals surface area contributed by atoms with E-state index < -0.39 is 0 Å². The van der Waals surface area contributed by atoms with Crippen molar-refractivity contribution >= 4 is 29.9 Å². The van der Waals surface area contributed by atoms with Crippen LogP contribution in [0.1, 0.15) is 16.7 Å². The number of benzene rings is 2. The third kappa shape index (κ3) is 6.77. The molecule has 0 saturated heterocycles. The highest BCUT2D eigenvalue weighted by Gasteiger charge is 2.07. The summed E-state index contributed by atoms with van der Waals surface area (Å²) in [6.07, 6.45) is 5.60. The van der Waals surface area contributed by atoms with E-state index in [0.717, 1.165) is 31.3 Å². The van der Waals surface area contributed by atoms with Crippen LogP contribution < -0.4 is 10.1 Å². The zero-order valence-electron chi connectivity index (χ0n) is 17.1.